The number of carbonyl (C=O) groups excluding carboxylic acids is 2. The Morgan fingerprint density at radius 2 is 2.15 bits per heavy atom. The molecule has 1 fully saturated rings. The number of rotatable bonds is 3. The maximum atomic E-state index is 12.7. The molecule has 0 saturated carbocycles. The first-order valence-corrected chi connectivity index (χ1v) is 7.31. The number of amides is 1. The molecule has 0 bridgehead atoms. The molecular weight excluding hydrogens is 252 g/mol. The van der Waals surface area contributed by atoms with Gasteiger partial charge in [0.2, 0.25) is 0 Å². The minimum atomic E-state index is 0.0174. The number of hydrogen-bond donors (Lipinski definition) is 0. The van der Waals surface area contributed by atoms with Gasteiger partial charge in [-0.15, -0.1) is 0 Å². The summed E-state index contributed by atoms with van der Waals surface area (Å²) in [6.45, 7) is 4.19. The van der Waals surface area contributed by atoms with Crippen LogP contribution in [-0.2, 0) is 4.79 Å². The van der Waals surface area contributed by atoms with E-state index in [1.54, 1.807) is 19.2 Å². The fraction of sp³-hybridized carbons (Fsp3) is 0.562. The first kappa shape index (κ1) is 14.7. The topological polar surface area (TPSA) is 50.3 Å². The van der Waals surface area contributed by atoms with E-state index in [9.17, 15) is 9.59 Å². The highest BCUT2D eigenvalue weighted by Crippen LogP contribution is 2.22. The Morgan fingerprint density at radius 1 is 1.35 bits per heavy atom. The maximum Gasteiger partial charge on any atom is 0.255 e. The molecule has 108 valence electrons. The van der Waals surface area contributed by atoms with Gasteiger partial charge in [0.25, 0.3) is 5.91 Å². The van der Waals surface area contributed by atoms with Crippen LogP contribution in [0, 0.1) is 6.92 Å². The van der Waals surface area contributed by atoms with Crippen LogP contribution in [0.15, 0.2) is 18.3 Å². The van der Waals surface area contributed by atoms with Crippen LogP contribution >= 0.6 is 0 Å². The van der Waals surface area contributed by atoms with Crippen LogP contribution in [0.4, 0.5) is 0 Å². The van der Waals surface area contributed by atoms with E-state index < -0.39 is 0 Å². The Bertz CT molecular complexity index is 499. The third kappa shape index (κ3) is 3.44. The van der Waals surface area contributed by atoms with E-state index in [4.69, 9.17) is 0 Å². The van der Waals surface area contributed by atoms with E-state index >= 15 is 0 Å². The molecular formula is C16H22N2O2. The molecule has 2 rings (SSSR count). The lowest BCUT2D eigenvalue weighted by atomic mass is 10.0. The van der Waals surface area contributed by atoms with Gasteiger partial charge in [0.1, 0.15) is 5.78 Å². The number of ketones is 1. The van der Waals surface area contributed by atoms with Crippen molar-refractivity contribution in [1.82, 2.24) is 9.88 Å². The van der Waals surface area contributed by atoms with Crippen LogP contribution < -0.4 is 0 Å². The van der Waals surface area contributed by atoms with E-state index in [1.807, 2.05) is 17.9 Å². The molecule has 0 N–H and O–H groups in total. The number of aromatic nitrogens is 1. The fourth-order valence-corrected chi connectivity index (χ4v) is 2.85. The molecule has 1 atom stereocenters. The molecule has 0 radical (unpaired) electrons. The smallest absolute Gasteiger partial charge is 0.255 e. The molecule has 1 unspecified atom stereocenters. The standard InChI is InChI=1S/C16H22N2O2/c1-12(19)11-14-7-4-3-5-10-18(14)16(20)15-8-6-9-17-13(15)2/h6,8-9,14H,3-5,7,10-11H2,1-2H3. The Morgan fingerprint density at radius 3 is 2.85 bits per heavy atom. The summed E-state index contributed by atoms with van der Waals surface area (Å²) in [6, 6.07) is 3.65. The highest BCUT2D eigenvalue weighted by molar-refractivity contribution is 5.95. The van der Waals surface area contributed by atoms with Gasteiger partial charge in [-0.3, -0.25) is 14.6 Å². The van der Waals surface area contributed by atoms with Crippen LogP contribution in [0.5, 0.6) is 0 Å². The van der Waals surface area contributed by atoms with Crippen molar-refractivity contribution in [3.05, 3.63) is 29.6 Å². The van der Waals surface area contributed by atoms with E-state index in [1.165, 1.54) is 0 Å². The number of Topliss-reactive ketones (excluding diaryl/α,β-unsaturated/α-hetero) is 1. The predicted octanol–water partition coefficient (Wildman–Crippen LogP) is 2.75. The molecule has 4 nitrogen and oxygen atoms in total. The Hall–Kier alpha value is -1.71. The largest absolute Gasteiger partial charge is 0.335 e. The lowest BCUT2D eigenvalue weighted by Gasteiger charge is -2.30. The van der Waals surface area contributed by atoms with Crippen LogP contribution in [-0.4, -0.2) is 34.2 Å². The zero-order chi connectivity index (χ0) is 14.5. The fourth-order valence-electron chi connectivity index (χ4n) is 2.85. The van der Waals surface area contributed by atoms with Crippen molar-refractivity contribution in [2.45, 2.75) is 52.0 Å². The second kappa shape index (κ2) is 6.64. The molecule has 1 aromatic rings. The van der Waals surface area contributed by atoms with E-state index in [0.717, 1.165) is 37.9 Å². The van der Waals surface area contributed by atoms with Crippen molar-refractivity contribution >= 4 is 11.7 Å². The number of hydrogen-bond acceptors (Lipinski definition) is 3. The van der Waals surface area contributed by atoms with Gasteiger partial charge >= 0.3 is 0 Å². The second-order valence-electron chi connectivity index (χ2n) is 5.54. The third-order valence-corrected chi connectivity index (χ3v) is 3.90. The second-order valence-corrected chi connectivity index (χ2v) is 5.54. The first-order chi connectivity index (χ1) is 9.59. The van der Waals surface area contributed by atoms with Crippen LogP contribution in [0.2, 0.25) is 0 Å². The monoisotopic (exact) mass is 274 g/mol. The van der Waals surface area contributed by atoms with Gasteiger partial charge in [-0.25, -0.2) is 0 Å². The van der Waals surface area contributed by atoms with Crippen molar-refractivity contribution < 1.29 is 9.59 Å². The van der Waals surface area contributed by atoms with Crippen LogP contribution in [0.1, 0.15) is 55.1 Å². The van der Waals surface area contributed by atoms with Gasteiger partial charge < -0.3 is 4.90 Å². The summed E-state index contributed by atoms with van der Waals surface area (Å²) < 4.78 is 0. The average molecular weight is 274 g/mol. The van der Waals surface area contributed by atoms with Gasteiger partial charge in [0, 0.05) is 30.9 Å². The van der Waals surface area contributed by atoms with E-state index in [-0.39, 0.29) is 17.7 Å². The molecule has 1 aliphatic rings. The van der Waals surface area contributed by atoms with Gasteiger partial charge in [-0.2, -0.15) is 0 Å². The average Bonchev–Trinajstić information content (AvgIpc) is 2.63. The van der Waals surface area contributed by atoms with Crippen molar-refractivity contribution in [1.29, 1.82) is 0 Å². The van der Waals surface area contributed by atoms with Crippen molar-refractivity contribution in [2.24, 2.45) is 0 Å². The SMILES string of the molecule is CC(=O)CC1CCCCCN1C(=O)c1cccnc1C. The van der Waals surface area contributed by atoms with Crippen molar-refractivity contribution in [2.75, 3.05) is 6.54 Å². The zero-order valence-electron chi connectivity index (χ0n) is 12.3. The summed E-state index contributed by atoms with van der Waals surface area (Å²) in [6.07, 6.45) is 6.31. The summed E-state index contributed by atoms with van der Waals surface area (Å²) in [5.41, 5.74) is 1.41. The summed E-state index contributed by atoms with van der Waals surface area (Å²) in [4.78, 5) is 30.3. The number of likely N-dealkylation sites (tertiary alicyclic amines) is 1. The summed E-state index contributed by atoms with van der Waals surface area (Å²) in [7, 11) is 0. The van der Waals surface area contributed by atoms with Crippen LogP contribution in [0.25, 0.3) is 0 Å². The predicted molar refractivity (Wildman–Crippen MR) is 77.6 cm³/mol. The molecule has 1 aromatic heterocycles. The number of nitrogens with zero attached hydrogens (tertiary/aromatic N) is 2. The maximum absolute atomic E-state index is 12.7. The third-order valence-electron chi connectivity index (χ3n) is 3.90. The molecule has 20 heavy (non-hydrogen) atoms. The van der Waals surface area contributed by atoms with Gasteiger partial charge in [0.05, 0.1) is 5.56 Å². The normalized spacial score (nSPS) is 19.5. The molecule has 4 heteroatoms. The molecule has 0 spiro atoms. The van der Waals surface area contributed by atoms with E-state index in [0.29, 0.717) is 12.0 Å². The Labute approximate surface area is 120 Å². The molecule has 1 amide bonds. The highest BCUT2D eigenvalue weighted by atomic mass is 16.2. The lowest BCUT2D eigenvalue weighted by molar-refractivity contribution is -0.118. The summed E-state index contributed by atoms with van der Waals surface area (Å²) in [5.74, 6) is 0.168. The zero-order valence-corrected chi connectivity index (χ0v) is 12.3. The lowest BCUT2D eigenvalue weighted by Crippen LogP contribution is -2.41. The molecule has 1 saturated heterocycles. The summed E-state index contributed by atoms with van der Waals surface area (Å²) >= 11 is 0. The highest BCUT2D eigenvalue weighted by Gasteiger charge is 2.27. The summed E-state index contributed by atoms with van der Waals surface area (Å²) in [5, 5.41) is 0. The van der Waals surface area contributed by atoms with Crippen molar-refractivity contribution in [3.8, 4) is 0 Å². The number of carbonyl (C=O) groups is 2. The Kier molecular flexibility index (Phi) is 4.88. The quantitative estimate of drug-likeness (QED) is 0.851. The first-order valence-electron chi connectivity index (χ1n) is 7.31. The van der Waals surface area contributed by atoms with Crippen LogP contribution in [0.3, 0.4) is 0 Å². The molecule has 0 aliphatic carbocycles. The molecule has 2 heterocycles. The molecule has 0 aromatic carbocycles. The van der Waals surface area contributed by atoms with Gasteiger partial charge in [-0.05, 0) is 38.8 Å². The van der Waals surface area contributed by atoms with Gasteiger partial charge in [0.15, 0.2) is 0 Å². The minimum absolute atomic E-state index is 0.0174. The van der Waals surface area contributed by atoms with Gasteiger partial charge in [-0.1, -0.05) is 12.8 Å². The van der Waals surface area contributed by atoms with E-state index in [2.05, 4.69) is 4.98 Å². The molecule has 1 aliphatic heterocycles. The Balaban J connectivity index is 2.24. The number of aryl methyl sites for hydroxylation is 1. The van der Waals surface area contributed by atoms with Crippen molar-refractivity contribution in [3.63, 3.8) is 0 Å². The number of pyridine rings is 1. The minimum Gasteiger partial charge on any atom is -0.335 e.